The molecule has 0 bridgehead atoms. The standard InChI is InChI=1S/C27H36ClNO5/c1-4-6-18-13-20-25(27(34)29(11-5-2)26(20)33)21(15-30)24(18)23(32)10-7-16(3)12-17-8-9-19(31)14-22(17)28/h8-9,12,14,20-21,23,25,30-32H,4-7,10-11,13,15H2,1-3H3/b16-12+/t20-,21+,23-,25-/m1/s1. The first-order valence-electron chi connectivity index (χ1n) is 12.2. The zero-order chi connectivity index (χ0) is 25.0. The highest BCUT2D eigenvalue weighted by atomic mass is 35.5. The van der Waals surface area contributed by atoms with E-state index in [0.29, 0.717) is 37.3 Å². The van der Waals surface area contributed by atoms with Crippen molar-refractivity contribution >= 4 is 29.5 Å². The van der Waals surface area contributed by atoms with Gasteiger partial charge in [0.05, 0.1) is 29.6 Å². The summed E-state index contributed by atoms with van der Waals surface area (Å²) in [5, 5.41) is 31.6. The number of phenols is 1. The molecule has 0 spiro atoms. The molecule has 4 atom stereocenters. The molecule has 1 saturated heterocycles. The van der Waals surface area contributed by atoms with Crippen LogP contribution >= 0.6 is 11.6 Å². The number of halogens is 1. The van der Waals surface area contributed by atoms with Crippen molar-refractivity contribution in [1.82, 2.24) is 4.90 Å². The molecular formula is C27H36ClNO5. The number of benzene rings is 1. The largest absolute Gasteiger partial charge is 0.508 e. The Morgan fingerprint density at radius 3 is 2.59 bits per heavy atom. The van der Waals surface area contributed by atoms with Crippen molar-refractivity contribution in [1.29, 1.82) is 0 Å². The van der Waals surface area contributed by atoms with E-state index in [-0.39, 0.29) is 24.2 Å². The molecule has 1 heterocycles. The molecule has 186 valence electrons. The number of rotatable bonds is 10. The number of aromatic hydroxyl groups is 1. The van der Waals surface area contributed by atoms with Gasteiger partial charge in [-0.05, 0) is 68.4 Å². The Kier molecular flexibility index (Phi) is 8.96. The van der Waals surface area contributed by atoms with Crippen molar-refractivity contribution in [3.8, 4) is 5.75 Å². The minimum atomic E-state index is -0.804. The Morgan fingerprint density at radius 2 is 1.97 bits per heavy atom. The predicted octanol–water partition coefficient (Wildman–Crippen LogP) is 4.71. The van der Waals surface area contributed by atoms with Crippen molar-refractivity contribution in [2.45, 2.75) is 65.4 Å². The quantitative estimate of drug-likeness (QED) is 0.326. The number of nitrogens with zero attached hydrogens (tertiary/aromatic N) is 1. The van der Waals surface area contributed by atoms with Gasteiger partial charge >= 0.3 is 0 Å². The summed E-state index contributed by atoms with van der Waals surface area (Å²) < 4.78 is 0. The van der Waals surface area contributed by atoms with Crippen LogP contribution in [0.4, 0.5) is 0 Å². The van der Waals surface area contributed by atoms with E-state index in [1.165, 1.54) is 11.0 Å². The minimum absolute atomic E-state index is 0.105. The van der Waals surface area contributed by atoms with E-state index in [1.807, 2.05) is 19.9 Å². The van der Waals surface area contributed by atoms with E-state index >= 15 is 0 Å². The van der Waals surface area contributed by atoms with Gasteiger partial charge in [0.2, 0.25) is 11.8 Å². The third kappa shape index (κ3) is 5.40. The first-order chi connectivity index (χ1) is 16.2. The van der Waals surface area contributed by atoms with Gasteiger partial charge in [-0.1, -0.05) is 49.1 Å². The van der Waals surface area contributed by atoms with Gasteiger partial charge < -0.3 is 15.3 Å². The van der Waals surface area contributed by atoms with Crippen LogP contribution in [0, 0.1) is 17.8 Å². The lowest BCUT2D eigenvalue weighted by atomic mass is 9.67. The summed E-state index contributed by atoms with van der Waals surface area (Å²) in [5.41, 5.74) is 3.57. The molecule has 2 aliphatic rings. The van der Waals surface area contributed by atoms with Crippen molar-refractivity contribution in [3.63, 3.8) is 0 Å². The lowest BCUT2D eigenvalue weighted by molar-refractivity contribution is -0.140. The summed E-state index contributed by atoms with van der Waals surface area (Å²) in [4.78, 5) is 27.4. The van der Waals surface area contributed by atoms with E-state index in [9.17, 15) is 24.9 Å². The normalized spacial score (nSPS) is 24.1. The van der Waals surface area contributed by atoms with Gasteiger partial charge in [0, 0.05) is 12.5 Å². The highest BCUT2D eigenvalue weighted by Gasteiger charge is 2.54. The summed E-state index contributed by atoms with van der Waals surface area (Å²) in [6.07, 6.45) is 4.93. The number of hydrogen-bond acceptors (Lipinski definition) is 5. The van der Waals surface area contributed by atoms with Crippen LogP contribution < -0.4 is 0 Å². The fraction of sp³-hybridized carbons (Fsp3) is 0.556. The van der Waals surface area contributed by atoms with E-state index in [2.05, 4.69) is 6.92 Å². The maximum Gasteiger partial charge on any atom is 0.233 e. The van der Waals surface area contributed by atoms with Crippen LogP contribution in [0.15, 0.2) is 34.9 Å². The molecule has 1 aromatic rings. The van der Waals surface area contributed by atoms with Gasteiger partial charge in [0.15, 0.2) is 0 Å². The molecule has 3 rings (SSSR count). The van der Waals surface area contributed by atoms with Gasteiger partial charge in [0.25, 0.3) is 0 Å². The second-order valence-corrected chi connectivity index (χ2v) is 9.92. The molecule has 1 fully saturated rings. The Labute approximate surface area is 206 Å². The van der Waals surface area contributed by atoms with Gasteiger partial charge in [-0.2, -0.15) is 0 Å². The van der Waals surface area contributed by atoms with Gasteiger partial charge in [0.1, 0.15) is 5.75 Å². The second-order valence-electron chi connectivity index (χ2n) is 9.51. The molecular weight excluding hydrogens is 454 g/mol. The lowest BCUT2D eigenvalue weighted by Gasteiger charge is -2.36. The molecule has 3 N–H and O–H groups in total. The number of amides is 2. The number of aliphatic hydroxyl groups is 2. The highest BCUT2D eigenvalue weighted by molar-refractivity contribution is 6.32. The van der Waals surface area contributed by atoms with Crippen LogP contribution in [0.2, 0.25) is 5.02 Å². The molecule has 1 aromatic carbocycles. The first-order valence-corrected chi connectivity index (χ1v) is 12.6. The maximum absolute atomic E-state index is 13.1. The van der Waals surface area contributed by atoms with Crippen LogP contribution in [-0.4, -0.2) is 51.3 Å². The van der Waals surface area contributed by atoms with Gasteiger partial charge in [-0.25, -0.2) is 0 Å². The van der Waals surface area contributed by atoms with Gasteiger partial charge in [-0.15, -0.1) is 0 Å². The Bertz CT molecular complexity index is 985. The first kappa shape index (κ1) is 26.5. The van der Waals surface area contributed by atoms with Crippen molar-refractivity contribution in [2.75, 3.05) is 13.2 Å². The van der Waals surface area contributed by atoms with Crippen LogP contribution in [0.5, 0.6) is 5.75 Å². The number of imide groups is 1. The van der Waals surface area contributed by atoms with Crippen molar-refractivity contribution in [3.05, 3.63) is 45.5 Å². The van der Waals surface area contributed by atoms with E-state index in [4.69, 9.17) is 11.6 Å². The SMILES string of the molecule is CCCC1=C([C@H](O)CC/C(C)=C/c2ccc(O)cc2Cl)[C@H](CO)[C@@H]2C(=O)N(CCC)C(=O)[C@@H]2C1. The molecule has 7 heteroatoms. The van der Waals surface area contributed by atoms with E-state index in [1.54, 1.807) is 12.1 Å². The minimum Gasteiger partial charge on any atom is -0.508 e. The van der Waals surface area contributed by atoms with Crippen molar-refractivity contribution in [2.24, 2.45) is 17.8 Å². The average Bonchev–Trinajstić information content (AvgIpc) is 3.03. The number of carbonyl (C=O) groups is 2. The predicted molar refractivity (Wildman–Crippen MR) is 133 cm³/mol. The van der Waals surface area contributed by atoms with Crippen LogP contribution in [0.25, 0.3) is 6.08 Å². The monoisotopic (exact) mass is 489 g/mol. The summed E-state index contributed by atoms with van der Waals surface area (Å²) in [7, 11) is 0. The second kappa shape index (κ2) is 11.5. The molecule has 1 aliphatic heterocycles. The summed E-state index contributed by atoms with van der Waals surface area (Å²) in [6.45, 7) is 6.07. The molecule has 0 saturated carbocycles. The van der Waals surface area contributed by atoms with E-state index in [0.717, 1.165) is 35.1 Å². The van der Waals surface area contributed by atoms with Crippen molar-refractivity contribution < 1.29 is 24.9 Å². The third-order valence-electron chi connectivity index (χ3n) is 7.03. The Balaban J connectivity index is 1.83. The molecule has 6 nitrogen and oxygen atoms in total. The molecule has 0 aromatic heterocycles. The fourth-order valence-corrected chi connectivity index (χ4v) is 5.73. The fourth-order valence-electron chi connectivity index (χ4n) is 5.50. The molecule has 34 heavy (non-hydrogen) atoms. The summed E-state index contributed by atoms with van der Waals surface area (Å²) in [6, 6.07) is 4.81. The highest BCUT2D eigenvalue weighted by Crippen LogP contribution is 2.47. The number of phenolic OH excluding ortho intramolecular Hbond substituents is 1. The molecule has 0 radical (unpaired) electrons. The third-order valence-corrected chi connectivity index (χ3v) is 7.36. The number of hydrogen-bond donors (Lipinski definition) is 3. The van der Waals surface area contributed by atoms with Crippen LogP contribution in [0.1, 0.15) is 64.9 Å². The number of aliphatic hydroxyl groups excluding tert-OH is 2. The molecule has 2 amide bonds. The zero-order valence-electron chi connectivity index (χ0n) is 20.3. The lowest BCUT2D eigenvalue weighted by Crippen LogP contribution is -2.39. The Hall–Kier alpha value is -2.15. The number of fused-ring (bicyclic) bond motifs is 1. The molecule has 1 aliphatic carbocycles. The number of likely N-dealkylation sites (tertiary alicyclic amines) is 1. The van der Waals surface area contributed by atoms with Gasteiger partial charge in [-0.3, -0.25) is 14.5 Å². The van der Waals surface area contributed by atoms with E-state index < -0.39 is 23.9 Å². The smallest absolute Gasteiger partial charge is 0.233 e. The summed E-state index contributed by atoms with van der Waals surface area (Å²) >= 11 is 6.21. The number of carbonyl (C=O) groups excluding carboxylic acids is 2. The number of allylic oxidation sites excluding steroid dienone is 2. The average molecular weight is 490 g/mol. The Morgan fingerprint density at radius 1 is 1.24 bits per heavy atom. The maximum atomic E-state index is 13.1. The summed E-state index contributed by atoms with van der Waals surface area (Å²) in [5.74, 6) is -1.82. The molecule has 0 unspecified atom stereocenters. The van der Waals surface area contributed by atoms with Crippen LogP contribution in [-0.2, 0) is 9.59 Å². The topological polar surface area (TPSA) is 98.1 Å². The zero-order valence-corrected chi connectivity index (χ0v) is 21.0. The van der Waals surface area contributed by atoms with Crippen LogP contribution in [0.3, 0.4) is 0 Å².